The molecule has 0 spiro atoms. The van der Waals surface area contributed by atoms with Crippen LogP contribution in [0.1, 0.15) is 38.8 Å². The van der Waals surface area contributed by atoms with E-state index in [0.717, 1.165) is 17.0 Å². The minimum Gasteiger partial charge on any atom is -0.358 e. The van der Waals surface area contributed by atoms with Gasteiger partial charge in [-0.1, -0.05) is 43.6 Å². The van der Waals surface area contributed by atoms with Gasteiger partial charge in [-0.05, 0) is 30.9 Å². The average Bonchev–Trinajstić information content (AvgIpc) is 2.36. The molecular weight excluding hydrogens is 260 g/mol. The summed E-state index contributed by atoms with van der Waals surface area (Å²) in [5, 5.41) is 6.79. The number of amides is 1. The number of carbonyl (C=O) groups excluding carboxylic acids is 1. The zero-order valence-electron chi connectivity index (χ0n) is 12.0. The second-order valence-corrected chi connectivity index (χ2v) is 5.61. The van der Waals surface area contributed by atoms with Crippen molar-refractivity contribution in [2.45, 2.75) is 39.3 Å². The Bertz CT molecular complexity index is 420. The van der Waals surface area contributed by atoms with Crippen molar-refractivity contribution in [1.82, 2.24) is 10.6 Å². The Morgan fingerprint density at radius 2 is 1.89 bits per heavy atom. The lowest BCUT2D eigenvalue weighted by atomic mass is 10.0. The van der Waals surface area contributed by atoms with Crippen LogP contribution >= 0.6 is 11.6 Å². The van der Waals surface area contributed by atoms with Crippen LogP contribution in [0.3, 0.4) is 0 Å². The van der Waals surface area contributed by atoms with Gasteiger partial charge in [0.2, 0.25) is 5.91 Å². The molecule has 0 aliphatic heterocycles. The summed E-state index contributed by atoms with van der Waals surface area (Å²) in [5.74, 6) is 0.473. The Morgan fingerprint density at radius 3 is 2.42 bits per heavy atom. The van der Waals surface area contributed by atoms with Crippen LogP contribution in [0, 0.1) is 5.92 Å². The standard InChI is InChI=1S/C15H23ClN2O/c1-10(2)9-14(15(19)17-4)18-11(3)12-7-5-6-8-13(12)16/h5-8,10-11,14,18H,9H2,1-4H3,(H,17,19). The van der Waals surface area contributed by atoms with E-state index in [4.69, 9.17) is 11.6 Å². The van der Waals surface area contributed by atoms with E-state index >= 15 is 0 Å². The first-order valence-corrected chi connectivity index (χ1v) is 7.05. The number of hydrogen-bond donors (Lipinski definition) is 2. The Balaban J connectivity index is 2.78. The Labute approximate surface area is 120 Å². The summed E-state index contributed by atoms with van der Waals surface area (Å²) in [6, 6.07) is 7.55. The molecule has 2 N–H and O–H groups in total. The molecule has 0 fully saturated rings. The van der Waals surface area contributed by atoms with Gasteiger partial charge < -0.3 is 5.32 Å². The summed E-state index contributed by atoms with van der Waals surface area (Å²) < 4.78 is 0. The molecule has 106 valence electrons. The third-order valence-corrected chi connectivity index (χ3v) is 3.44. The first-order chi connectivity index (χ1) is 8.95. The number of halogens is 1. The molecule has 0 bridgehead atoms. The van der Waals surface area contributed by atoms with E-state index in [0.29, 0.717) is 5.92 Å². The molecule has 1 amide bonds. The fraction of sp³-hybridized carbons (Fsp3) is 0.533. The molecule has 1 aromatic rings. The van der Waals surface area contributed by atoms with Crippen LogP contribution in [0.2, 0.25) is 5.02 Å². The summed E-state index contributed by atoms with van der Waals surface area (Å²) in [6.45, 7) is 6.24. The first-order valence-electron chi connectivity index (χ1n) is 6.67. The van der Waals surface area contributed by atoms with Gasteiger partial charge in [0.05, 0.1) is 6.04 Å². The van der Waals surface area contributed by atoms with Gasteiger partial charge in [-0.2, -0.15) is 0 Å². The largest absolute Gasteiger partial charge is 0.358 e. The summed E-state index contributed by atoms with van der Waals surface area (Å²) in [4.78, 5) is 11.9. The second-order valence-electron chi connectivity index (χ2n) is 5.21. The Hall–Kier alpha value is -1.06. The van der Waals surface area contributed by atoms with Crippen molar-refractivity contribution >= 4 is 17.5 Å². The van der Waals surface area contributed by atoms with E-state index in [1.165, 1.54) is 0 Å². The van der Waals surface area contributed by atoms with E-state index in [1.54, 1.807) is 7.05 Å². The second kappa shape index (κ2) is 7.51. The predicted octanol–water partition coefficient (Wildman–Crippen LogP) is 3.15. The van der Waals surface area contributed by atoms with Crippen molar-refractivity contribution in [3.05, 3.63) is 34.9 Å². The van der Waals surface area contributed by atoms with Crippen LogP contribution < -0.4 is 10.6 Å². The minimum atomic E-state index is -0.198. The highest BCUT2D eigenvalue weighted by atomic mass is 35.5. The number of rotatable bonds is 6. The molecule has 1 aromatic carbocycles. The number of nitrogens with one attached hydrogen (secondary N) is 2. The van der Waals surface area contributed by atoms with Gasteiger partial charge >= 0.3 is 0 Å². The highest BCUT2D eigenvalue weighted by Crippen LogP contribution is 2.23. The van der Waals surface area contributed by atoms with Crippen molar-refractivity contribution in [2.24, 2.45) is 5.92 Å². The zero-order valence-corrected chi connectivity index (χ0v) is 12.8. The maximum Gasteiger partial charge on any atom is 0.236 e. The van der Waals surface area contributed by atoms with Gasteiger partial charge in [-0.15, -0.1) is 0 Å². The van der Waals surface area contributed by atoms with E-state index in [9.17, 15) is 4.79 Å². The SMILES string of the molecule is CNC(=O)C(CC(C)C)NC(C)c1ccccc1Cl. The van der Waals surface area contributed by atoms with Crippen molar-refractivity contribution in [3.63, 3.8) is 0 Å². The lowest BCUT2D eigenvalue weighted by Crippen LogP contribution is -2.44. The Kier molecular flexibility index (Phi) is 6.32. The summed E-state index contributed by atoms with van der Waals surface area (Å²) >= 11 is 6.18. The maximum absolute atomic E-state index is 11.9. The van der Waals surface area contributed by atoms with Crippen LogP contribution in [0.25, 0.3) is 0 Å². The van der Waals surface area contributed by atoms with Crippen molar-refractivity contribution in [2.75, 3.05) is 7.05 Å². The summed E-state index contributed by atoms with van der Waals surface area (Å²) in [6.07, 6.45) is 0.800. The minimum absolute atomic E-state index is 0.0209. The highest BCUT2D eigenvalue weighted by Gasteiger charge is 2.21. The molecule has 0 saturated carbocycles. The quantitative estimate of drug-likeness (QED) is 0.841. The summed E-state index contributed by atoms with van der Waals surface area (Å²) in [7, 11) is 1.66. The van der Waals surface area contributed by atoms with Crippen LogP contribution in [0.5, 0.6) is 0 Å². The maximum atomic E-state index is 11.9. The van der Waals surface area contributed by atoms with Gasteiger partial charge in [0.15, 0.2) is 0 Å². The highest BCUT2D eigenvalue weighted by molar-refractivity contribution is 6.31. The van der Waals surface area contributed by atoms with Crippen molar-refractivity contribution in [1.29, 1.82) is 0 Å². The van der Waals surface area contributed by atoms with E-state index in [1.807, 2.05) is 31.2 Å². The average molecular weight is 283 g/mol. The lowest BCUT2D eigenvalue weighted by molar-refractivity contribution is -0.123. The van der Waals surface area contributed by atoms with Gasteiger partial charge in [-0.3, -0.25) is 10.1 Å². The molecule has 2 atom stereocenters. The molecule has 0 heterocycles. The van der Waals surface area contributed by atoms with Crippen LogP contribution in [-0.4, -0.2) is 19.0 Å². The van der Waals surface area contributed by atoms with Gasteiger partial charge in [0, 0.05) is 18.1 Å². The molecule has 19 heavy (non-hydrogen) atoms. The summed E-state index contributed by atoms with van der Waals surface area (Å²) in [5.41, 5.74) is 1.02. The molecule has 3 nitrogen and oxygen atoms in total. The molecule has 0 saturated heterocycles. The molecule has 1 rings (SSSR count). The molecule has 0 aliphatic carbocycles. The number of hydrogen-bond acceptors (Lipinski definition) is 2. The van der Waals surface area contributed by atoms with Crippen molar-refractivity contribution in [3.8, 4) is 0 Å². The zero-order chi connectivity index (χ0) is 14.4. The van der Waals surface area contributed by atoms with E-state index in [2.05, 4.69) is 24.5 Å². The molecule has 0 radical (unpaired) electrons. The topological polar surface area (TPSA) is 41.1 Å². The normalized spacial score (nSPS) is 14.2. The molecule has 0 aliphatic rings. The molecular formula is C15H23ClN2O. The van der Waals surface area contributed by atoms with Crippen molar-refractivity contribution < 1.29 is 4.79 Å². The molecule has 2 unspecified atom stereocenters. The van der Waals surface area contributed by atoms with Gasteiger partial charge in [-0.25, -0.2) is 0 Å². The van der Waals surface area contributed by atoms with E-state index in [-0.39, 0.29) is 18.0 Å². The fourth-order valence-electron chi connectivity index (χ4n) is 2.11. The molecule has 4 heteroatoms. The monoisotopic (exact) mass is 282 g/mol. The number of likely N-dealkylation sites (N-methyl/N-ethyl adjacent to an activating group) is 1. The fourth-order valence-corrected chi connectivity index (χ4v) is 2.41. The predicted molar refractivity (Wildman–Crippen MR) is 80.3 cm³/mol. The third-order valence-electron chi connectivity index (χ3n) is 3.09. The molecule has 0 aromatic heterocycles. The smallest absolute Gasteiger partial charge is 0.236 e. The van der Waals surface area contributed by atoms with Gasteiger partial charge in [0.25, 0.3) is 0 Å². The number of benzene rings is 1. The van der Waals surface area contributed by atoms with Gasteiger partial charge in [0.1, 0.15) is 0 Å². The van der Waals surface area contributed by atoms with E-state index < -0.39 is 0 Å². The van der Waals surface area contributed by atoms with Crippen LogP contribution in [0.4, 0.5) is 0 Å². The van der Waals surface area contributed by atoms with Crippen LogP contribution in [0.15, 0.2) is 24.3 Å². The third kappa shape index (κ3) is 4.84. The first kappa shape index (κ1) is 16.0. The number of carbonyl (C=O) groups is 1. The lowest BCUT2D eigenvalue weighted by Gasteiger charge is -2.24. The Morgan fingerprint density at radius 1 is 1.26 bits per heavy atom. The van der Waals surface area contributed by atoms with Crippen LogP contribution in [-0.2, 0) is 4.79 Å².